The lowest BCUT2D eigenvalue weighted by Crippen LogP contribution is -2.46. The fourth-order valence-corrected chi connectivity index (χ4v) is 5.40. The van der Waals surface area contributed by atoms with Crippen LogP contribution in [0.15, 0.2) is 60.8 Å². The molecule has 7 nitrogen and oxygen atoms in total. The summed E-state index contributed by atoms with van der Waals surface area (Å²) in [6.45, 7) is 3.16. The number of carbonyl (C=O) groups excluding carboxylic acids is 3. The maximum absolute atomic E-state index is 13.0. The third-order valence-corrected chi connectivity index (χ3v) is 7.54. The Kier molecular flexibility index (Phi) is 7.09. The van der Waals surface area contributed by atoms with E-state index in [0.717, 1.165) is 55.4 Å². The van der Waals surface area contributed by atoms with E-state index in [1.165, 1.54) is 4.90 Å². The van der Waals surface area contributed by atoms with Crippen molar-refractivity contribution in [3.63, 3.8) is 0 Å². The summed E-state index contributed by atoms with van der Waals surface area (Å²) in [7, 11) is 1.88. The van der Waals surface area contributed by atoms with E-state index in [9.17, 15) is 14.4 Å². The third-order valence-electron chi connectivity index (χ3n) is 7.54. The molecule has 1 aromatic heterocycles. The Morgan fingerprint density at radius 3 is 2.28 bits per heavy atom. The van der Waals surface area contributed by atoms with Crippen LogP contribution in [0, 0.1) is 0 Å². The van der Waals surface area contributed by atoms with E-state index >= 15 is 0 Å². The van der Waals surface area contributed by atoms with Gasteiger partial charge in [-0.2, -0.15) is 0 Å². The van der Waals surface area contributed by atoms with Crippen LogP contribution in [0.2, 0.25) is 0 Å². The molecule has 1 saturated heterocycles. The van der Waals surface area contributed by atoms with Crippen molar-refractivity contribution in [2.45, 2.75) is 38.1 Å². The van der Waals surface area contributed by atoms with Crippen LogP contribution in [-0.4, -0.2) is 76.7 Å². The lowest BCUT2D eigenvalue weighted by Gasteiger charge is -2.37. The molecule has 3 aromatic rings. The Hall–Kier alpha value is -3.58. The molecule has 7 heteroatoms. The molecule has 0 atom stereocenters. The minimum atomic E-state index is -0.275. The Bertz CT molecular complexity index is 1220. The molecule has 0 N–H and O–H groups in total. The van der Waals surface area contributed by atoms with Crippen molar-refractivity contribution in [3.8, 4) is 0 Å². The maximum atomic E-state index is 13.0. The molecule has 0 bridgehead atoms. The number of benzene rings is 2. The molecule has 3 heterocycles. The lowest BCUT2D eigenvalue weighted by molar-refractivity contribution is -0.133. The number of rotatable bonds is 8. The molecular weight excluding hydrogens is 452 g/mol. The van der Waals surface area contributed by atoms with Crippen LogP contribution in [0.4, 0.5) is 0 Å². The Morgan fingerprint density at radius 2 is 1.64 bits per heavy atom. The molecule has 3 amide bonds. The van der Waals surface area contributed by atoms with E-state index in [0.29, 0.717) is 24.0 Å². The standard InChI is InChI=1S/C29H32N4O3/c1-31(23-14-19-32(20-15-23)18-13-22-9-2-3-16-30-22)26(34)12-6-17-33-28(35)24-10-4-7-21-8-5-11-25(27(21)24)29(33)36/h2-5,7-11,16,23H,6,12-15,17-20H2,1H3. The molecule has 2 aromatic carbocycles. The van der Waals surface area contributed by atoms with E-state index in [2.05, 4.69) is 16.0 Å². The van der Waals surface area contributed by atoms with Gasteiger partial charge in [-0.25, -0.2) is 0 Å². The van der Waals surface area contributed by atoms with E-state index in [4.69, 9.17) is 0 Å². The molecule has 0 aliphatic carbocycles. The Labute approximate surface area is 211 Å². The van der Waals surface area contributed by atoms with Gasteiger partial charge in [0.05, 0.1) is 0 Å². The van der Waals surface area contributed by atoms with Gasteiger partial charge in [-0.05, 0) is 48.9 Å². The van der Waals surface area contributed by atoms with Crippen molar-refractivity contribution in [3.05, 3.63) is 77.6 Å². The minimum absolute atomic E-state index is 0.0707. The molecular formula is C29H32N4O3. The SMILES string of the molecule is CN(C(=O)CCCN1C(=O)c2cccc3cccc(c23)C1=O)C1CCN(CCc2ccccn2)CC1. The number of hydrogen-bond donors (Lipinski definition) is 0. The second kappa shape index (κ2) is 10.6. The highest BCUT2D eigenvalue weighted by Crippen LogP contribution is 2.30. The van der Waals surface area contributed by atoms with Crippen molar-refractivity contribution in [2.75, 3.05) is 33.2 Å². The first kappa shape index (κ1) is 24.1. The summed E-state index contributed by atoms with van der Waals surface area (Å²) in [6.07, 6.45) is 5.45. The summed E-state index contributed by atoms with van der Waals surface area (Å²) in [5.74, 6) is -0.479. The summed E-state index contributed by atoms with van der Waals surface area (Å²) < 4.78 is 0. The van der Waals surface area contributed by atoms with Gasteiger partial charge in [0, 0.05) is 80.5 Å². The van der Waals surface area contributed by atoms with Gasteiger partial charge >= 0.3 is 0 Å². The zero-order valence-electron chi connectivity index (χ0n) is 20.7. The number of aromatic nitrogens is 1. The van der Waals surface area contributed by atoms with E-state index in [1.54, 1.807) is 12.1 Å². The van der Waals surface area contributed by atoms with E-state index in [1.807, 2.05) is 54.5 Å². The van der Waals surface area contributed by atoms with Crippen LogP contribution in [0.25, 0.3) is 10.8 Å². The van der Waals surface area contributed by atoms with Gasteiger partial charge in [-0.1, -0.05) is 30.3 Å². The predicted molar refractivity (Wildman–Crippen MR) is 139 cm³/mol. The monoisotopic (exact) mass is 484 g/mol. The number of nitrogens with zero attached hydrogens (tertiary/aromatic N) is 4. The average Bonchev–Trinajstić information content (AvgIpc) is 2.92. The van der Waals surface area contributed by atoms with Gasteiger partial charge in [0.25, 0.3) is 11.8 Å². The summed E-state index contributed by atoms with van der Waals surface area (Å²) in [5, 5.41) is 1.62. The van der Waals surface area contributed by atoms with Crippen LogP contribution >= 0.6 is 0 Å². The Balaban J connectivity index is 1.10. The van der Waals surface area contributed by atoms with E-state index < -0.39 is 0 Å². The number of likely N-dealkylation sites (tertiary alicyclic amines) is 1. The minimum Gasteiger partial charge on any atom is -0.343 e. The summed E-state index contributed by atoms with van der Waals surface area (Å²) in [5.41, 5.74) is 2.22. The van der Waals surface area contributed by atoms with Gasteiger partial charge in [0.2, 0.25) is 5.91 Å². The average molecular weight is 485 g/mol. The van der Waals surface area contributed by atoms with Crippen LogP contribution < -0.4 is 0 Å². The van der Waals surface area contributed by atoms with Gasteiger partial charge < -0.3 is 9.80 Å². The second-order valence-electron chi connectivity index (χ2n) is 9.72. The molecule has 5 rings (SSSR count). The zero-order chi connectivity index (χ0) is 25.1. The molecule has 0 spiro atoms. The molecule has 0 saturated carbocycles. The quantitative estimate of drug-likeness (QED) is 0.455. The lowest BCUT2D eigenvalue weighted by atomic mass is 9.94. The molecule has 1 fully saturated rings. The van der Waals surface area contributed by atoms with Crippen LogP contribution in [0.1, 0.15) is 52.1 Å². The molecule has 0 radical (unpaired) electrons. The van der Waals surface area contributed by atoms with E-state index in [-0.39, 0.29) is 30.3 Å². The fraction of sp³-hybridized carbons (Fsp3) is 0.379. The third kappa shape index (κ3) is 4.88. The van der Waals surface area contributed by atoms with Gasteiger partial charge in [-0.15, -0.1) is 0 Å². The number of imide groups is 1. The van der Waals surface area contributed by atoms with Crippen molar-refractivity contribution in [1.82, 2.24) is 19.7 Å². The van der Waals surface area contributed by atoms with Crippen molar-refractivity contribution in [1.29, 1.82) is 0 Å². The number of pyridine rings is 1. The van der Waals surface area contributed by atoms with Gasteiger partial charge in [-0.3, -0.25) is 24.3 Å². The van der Waals surface area contributed by atoms with Crippen molar-refractivity contribution in [2.24, 2.45) is 0 Å². The highest BCUT2D eigenvalue weighted by Gasteiger charge is 2.32. The first-order valence-electron chi connectivity index (χ1n) is 12.8. The molecule has 0 unspecified atom stereocenters. The van der Waals surface area contributed by atoms with Crippen LogP contribution in [0.3, 0.4) is 0 Å². The smallest absolute Gasteiger partial charge is 0.261 e. The predicted octanol–water partition coefficient (Wildman–Crippen LogP) is 3.78. The normalized spacial score (nSPS) is 16.5. The van der Waals surface area contributed by atoms with Crippen LogP contribution in [-0.2, 0) is 11.2 Å². The zero-order valence-corrected chi connectivity index (χ0v) is 20.7. The Morgan fingerprint density at radius 1 is 0.944 bits per heavy atom. The number of piperidine rings is 1. The molecule has 36 heavy (non-hydrogen) atoms. The first-order chi connectivity index (χ1) is 17.5. The number of carbonyl (C=O) groups is 3. The second-order valence-corrected chi connectivity index (χ2v) is 9.72. The molecule has 186 valence electrons. The highest BCUT2D eigenvalue weighted by molar-refractivity contribution is 6.25. The topological polar surface area (TPSA) is 73.8 Å². The highest BCUT2D eigenvalue weighted by atomic mass is 16.2. The largest absolute Gasteiger partial charge is 0.343 e. The summed E-state index contributed by atoms with van der Waals surface area (Å²) in [6, 6.07) is 17.3. The summed E-state index contributed by atoms with van der Waals surface area (Å²) in [4.78, 5) is 49.0. The molecule has 2 aliphatic heterocycles. The number of hydrogen-bond acceptors (Lipinski definition) is 5. The first-order valence-corrected chi connectivity index (χ1v) is 12.8. The van der Waals surface area contributed by atoms with Gasteiger partial charge in [0.1, 0.15) is 0 Å². The van der Waals surface area contributed by atoms with Gasteiger partial charge in [0.15, 0.2) is 0 Å². The fourth-order valence-electron chi connectivity index (χ4n) is 5.40. The maximum Gasteiger partial charge on any atom is 0.261 e. The van der Waals surface area contributed by atoms with Crippen molar-refractivity contribution < 1.29 is 14.4 Å². The summed E-state index contributed by atoms with van der Waals surface area (Å²) >= 11 is 0. The van der Waals surface area contributed by atoms with Crippen LogP contribution in [0.5, 0.6) is 0 Å². The molecule has 2 aliphatic rings. The number of amides is 3. The van der Waals surface area contributed by atoms with Crippen molar-refractivity contribution >= 4 is 28.5 Å².